The molecule has 2 aromatic carbocycles. The fourth-order valence-electron chi connectivity index (χ4n) is 5.21. The summed E-state index contributed by atoms with van der Waals surface area (Å²) in [6.45, 7) is 6.25. The van der Waals surface area contributed by atoms with Gasteiger partial charge in [-0.25, -0.2) is 0 Å². The average Bonchev–Trinajstić information content (AvgIpc) is 3.60. The Balaban J connectivity index is 1.36. The van der Waals surface area contributed by atoms with Gasteiger partial charge in [0.15, 0.2) is 0 Å². The zero-order valence-electron chi connectivity index (χ0n) is 21.3. The molecule has 1 saturated heterocycles. The molecule has 0 radical (unpaired) electrons. The van der Waals surface area contributed by atoms with E-state index in [2.05, 4.69) is 45.1 Å². The van der Waals surface area contributed by atoms with Crippen molar-refractivity contribution in [3.05, 3.63) is 47.5 Å². The summed E-state index contributed by atoms with van der Waals surface area (Å²) in [5.74, 6) is 1.05. The Labute approximate surface area is 217 Å². The third-order valence-electron chi connectivity index (χ3n) is 6.98. The first-order chi connectivity index (χ1) is 17.5. The number of benzene rings is 2. The van der Waals surface area contributed by atoms with Gasteiger partial charge in [0.25, 0.3) is 0 Å². The van der Waals surface area contributed by atoms with Crippen LogP contribution in [0.4, 0.5) is 5.69 Å². The normalized spacial score (nSPS) is 17.3. The van der Waals surface area contributed by atoms with Crippen LogP contribution in [0.25, 0.3) is 21.1 Å². The number of anilines is 1. The van der Waals surface area contributed by atoms with Crippen LogP contribution >= 0.6 is 11.3 Å². The molecule has 3 aromatic rings. The molecule has 2 aliphatic rings. The summed E-state index contributed by atoms with van der Waals surface area (Å²) in [6.07, 6.45) is 5.51. The van der Waals surface area contributed by atoms with Crippen LogP contribution in [0.15, 0.2) is 36.4 Å². The minimum atomic E-state index is 0.108. The molecule has 36 heavy (non-hydrogen) atoms. The van der Waals surface area contributed by atoms with Gasteiger partial charge in [-0.2, -0.15) is 0 Å². The van der Waals surface area contributed by atoms with Gasteiger partial charge in [-0.05, 0) is 75.3 Å². The maximum atomic E-state index is 12.6. The zero-order chi connectivity index (χ0) is 25.1. The van der Waals surface area contributed by atoms with Gasteiger partial charge in [0.1, 0.15) is 15.8 Å². The van der Waals surface area contributed by atoms with Crippen molar-refractivity contribution in [1.82, 2.24) is 20.4 Å². The molecule has 190 valence electrons. The Morgan fingerprint density at radius 1 is 1.14 bits per heavy atom. The highest BCUT2D eigenvalue weighted by molar-refractivity contribution is 7.17. The van der Waals surface area contributed by atoms with Crippen LogP contribution in [0.1, 0.15) is 56.7 Å². The topological polar surface area (TPSA) is 79.4 Å². The van der Waals surface area contributed by atoms with Crippen molar-refractivity contribution >= 4 is 22.9 Å². The molecule has 1 atom stereocenters. The number of aromatic nitrogens is 2. The maximum Gasteiger partial charge on any atom is 0.236 e. The molecule has 1 fully saturated rings. The van der Waals surface area contributed by atoms with Crippen LogP contribution < -0.4 is 15.4 Å². The predicted octanol–water partition coefficient (Wildman–Crippen LogP) is 5.29. The quantitative estimate of drug-likeness (QED) is 0.433. The van der Waals surface area contributed by atoms with E-state index in [4.69, 9.17) is 4.74 Å². The van der Waals surface area contributed by atoms with Crippen LogP contribution in [0.2, 0.25) is 0 Å². The van der Waals surface area contributed by atoms with E-state index in [9.17, 15) is 4.79 Å². The number of fused-ring (bicyclic) bond motifs is 1. The summed E-state index contributed by atoms with van der Waals surface area (Å²) < 4.78 is 5.91. The highest BCUT2D eigenvalue weighted by atomic mass is 32.1. The lowest BCUT2D eigenvalue weighted by atomic mass is 9.85. The molecule has 1 aromatic heterocycles. The van der Waals surface area contributed by atoms with Gasteiger partial charge in [-0.1, -0.05) is 29.5 Å². The number of ether oxygens (including phenoxy) is 1. The van der Waals surface area contributed by atoms with Gasteiger partial charge in [0, 0.05) is 37.3 Å². The van der Waals surface area contributed by atoms with Crippen LogP contribution in [0.3, 0.4) is 0 Å². The second kappa shape index (κ2) is 11.0. The maximum absolute atomic E-state index is 12.6. The van der Waals surface area contributed by atoms with Crippen molar-refractivity contribution < 1.29 is 9.53 Å². The van der Waals surface area contributed by atoms with Gasteiger partial charge in [0.2, 0.25) is 5.91 Å². The molecule has 0 saturated carbocycles. The monoisotopic (exact) mass is 505 g/mol. The van der Waals surface area contributed by atoms with Gasteiger partial charge < -0.3 is 20.3 Å². The van der Waals surface area contributed by atoms with Crippen LogP contribution in [0, 0.1) is 0 Å². The fraction of sp³-hybridized carbons (Fsp3) is 0.464. The third kappa shape index (κ3) is 5.25. The summed E-state index contributed by atoms with van der Waals surface area (Å²) in [4.78, 5) is 14.6. The molecular weight excluding hydrogens is 470 g/mol. The summed E-state index contributed by atoms with van der Waals surface area (Å²) in [7, 11) is 1.90. The first-order valence-electron chi connectivity index (χ1n) is 13.0. The SMILES string of the molecule is CNc1cc(-c2nnc(-c3cccc4c3CCCC4NCC(=O)N3CCCC3)s2)ccc1OC(C)C. The Morgan fingerprint density at radius 3 is 2.72 bits per heavy atom. The molecule has 8 heteroatoms. The van der Waals surface area contributed by atoms with Crippen molar-refractivity contribution in [3.8, 4) is 26.9 Å². The number of carbonyl (C=O) groups is 1. The molecule has 1 aliphatic carbocycles. The number of hydrogen-bond donors (Lipinski definition) is 2. The number of likely N-dealkylation sites (tertiary alicyclic amines) is 1. The first-order valence-corrected chi connectivity index (χ1v) is 13.8. The van der Waals surface area contributed by atoms with E-state index in [0.717, 1.165) is 77.8 Å². The number of amides is 1. The summed E-state index contributed by atoms with van der Waals surface area (Å²) in [6, 6.07) is 12.8. The zero-order valence-corrected chi connectivity index (χ0v) is 22.2. The van der Waals surface area contributed by atoms with Crippen LogP contribution in [-0.2, 0) is 11.2 Å². The number of nitrogens with one attached hydrogen (secondary N) is 2. The van der Waals surface area contributed by atoms with E-state index in [0.29, 0.717) is 6.54 Å². The summed E-state index contributed by atoms with van der Waals surface area (Å²) in [5, 5.41) is 17.7. The average molecular weight is 506 g/mol. The first kappa shape index (κ1) is 24.7. The van der Waals surface area contributed by atoms with E-state index >= 15 is 0 Å². The largest absolute Gasteiger partial charge is 0.489 e. The fourth-order valence-corrected chi connectivity index (χ4v) is 6.11. The van der Waals surface area contributed by atoms with Gasteiger partial charge in [0.05, 0.1) is 18.3 Å². The molecular formula is C28H35N5O2S. The van der Waals surface area contributed by atoms with E-state index in [1.165, 1.54) is 11.1 Å². The highest BCUT2D eigenvalue weighted by Crippen LogP contribution is 2.39. The Morgan fingerprint density at radius 2 is 1.94 bits per heavy atom. The lowest BCUT2D eigenvalue weighted by Crippen LogP contribution is -2.38. The molecule has 2 N–H and O–H groups in total. The van der Waals surface area contributed by atoms with Crippen LogP contribution in [-0.4, -0.2) is 53.8 Å². The molecule has 7 nitrogen and oxygen atoms in total. The molecule has 1 unspecified atom stereocenters. The second-order valence-corrected chi connectivity index (χ2v) is 10.8. The van der Waals surface area contributed by atoms with Crippen molar-refractivity contribution in [2.45, 2.75) is 58.1 Å². The standard InChI is InChI=1S/C28H35N5O2S/c1-18(2)35-25-13-12-19(16-24(25)29-3)27-31-32-28(36-27)22-10-6-9-21-20(22)8-7-11-23(21)30-17-26(34)33-14-4-5-15-33/h6,9-10,12-13,16,18,23,29-30H,4-5,7-8,11,14-15,17H2,1-3H3. The molecule has 1 aliphatic heterocycles. The molecule has 2 heterocycles. The second-order valence-electron chi connectivity index (χ2n) is 9.83. The van der Waals surface area contributed by atoms with E-state index < -0.39 is 0 Å². The molecule has 0 bridgehead atoms. The Bertz CT molecular complexity index is 1220. The summed E-state index contributed by atoms with van der Waals surface area (Å²) >= 11 is 1.62. The van der Waals surface area contributed by atoms with Crippen molar-refractivity contribution in [3.63, 3.8) is 0 Å². The summed E-state index contributed by atoms with van der Waals surface area (Å²) in [5.41, 5.74) is 5.73. The smallest absolute Gasteiger partial charge is 0.236 e. The third-order valence-corrected chi connectivity index (χ3v) is 7.99. The lowest BCUT2D eigenvalue weighted by molar-refractivity contribution is -0.129. The highest BCUT2D eigenvalue weighted by Gasteiger charge is 2.25. The number of hydrogen-bond acceptors (Lipinski definition) is 7. The Kier molecular flexibility index (Phi) is 7.53. The van der Waals surface area contributed by atoms with Crippen LogP contribution in [0.5, 0.6) is 5.75 Å². The van der Waals surface area contributed by atoms with Crippen molar-refractivity contribution in [2.24, 2.45) is 0 Å². The van der Waals surface area contributed by atoms with Crippen molar-refractivity contribution in [1.29, 1.82) is 0 Å². The minimum absolute atomic E-state index is 0.108. The van der Waals surface area contributed by atoms with E-state index in [1.807, 2.05) is 37.9 Å². The van der Waals surface area contributed by atoms with Crippen molar-refractivity contribution in [2.75, 3.05) is 32.0 Å². The number of nitrogens with zero attached hydrogens (tertiary/aromatic N) is 3. The van der Waals surface area contributed by atoms with Gasteiger partial charge in [-0.15, -0.1) is 10.2 Å². The number of rotatable bonds is 8. The van der Waals surface area contributed by atoms with E-state index in [1.54, 1.807) is 11.3 Å². The minimum Gasteiger partial charge on any atom is -0.489 e. The molecule has 0 spiro atoms. The predicted molar refractivity (Wildman–Crippen MR) is 146 cm³/mol. The number of carbonyl (C=O) groups excluding carboxylic acids is 1. The van der Waals surface area contributed by atoms with Gasteiger partial charge in [-0.3, -0.25) is 4.79 Å². The molecule has 1 amide bonds. The lowest BCUT2D eigenvalue weighted by Gasteiger charge is -2.28. The van der Waals surface area contributed by atoms with E-state index in [-0.39, 0.29) is 18.1 Å². The van der Waals surface area contributed by atoms with Gasteiger partial charge >= 0.3 is 0 Å². The Hall–Kier alpha value is -2.97. The molecule has 5 rings (SSSR count).